The van der Waals surface area contributed by atoms with Crippen LogP contribution in [0.2, 0.25) is 0 Å². The molecule has 0 unspecified atom stereocenters. The smallest absolute Gasteiger partial charge is 0.321 e. The lowest BCUT2D eigenvalue weighted by Gasteiger charge is -2.17. The van der Waals surface area contributed by atoms with Crippen molar-refractivity contribution in [2.75, 3.05) is 25.5 Å². The number of hydrogen-bond acceptors (Lipinski definition) is 3. The lowest BCUT2D eigenvalue weighted by atomic mass is 9.98. The number of ether oxygens (including phenoxy) is 1. The van der Waals surface area contributed by atoms with Crippen LogP contribution in [0.5, 0.6) is 5.75 Å². The van der Waals surface area contributed by atoms with Gasteiger partial charge in [0.15, 0.2) is 0 Å². The summed E-state index contributed by atoms with van der Waals surface area (Å²) in [7, 11) is 1.66. The van der Waals surface area contributed by atoms with Crippen LogP contribution in [0.25, 0.3) is 0 Å². The van der Waals surface area contributed by atoms with Crippen LogP contribution in [0.3, 0.4) is 0 Å². The summed E-state index contributed by atoms with van der Waals surface area (Å²) >= 11 is 0. The van der Waals surface area contributed by atoms with Crippen molar-refractivity contribution >= 4 is 11.7 Å². The molecule has 0 radical (unpaired) electrons. The molecule has 1 aliphatic heterocycles. The number of methoxy groups -OCH3 is 1. The van der Waals surface area contributed by atoms with Gasteiger partial charge in [0.1, 0.15) is 5.75 Å². The number of pyridine rings is 1. The summed E-state index contributed by atoms with van der Waals surface area (Å²) in [5.74, 6) is 1.24. The first kappa shape index (κ1) is 14.4. The summed E-state index contributed by atoms with van der Waals surface area (Å²) in [6.07, 6.45) is 4.32. The predicted molar refractivity (Wildman–Crippen MR) is 85.2 cm³/mol. The number of carbonyl (C=O) groups excluding carboxylic acids is 1. The highest BCUT2D eigenvalue weighted by molar-refractivity contribution is 5.89. The van der Waals surface area contributed by atoms with Crippen LogP contribution in [-0.2, 0) is 0 Å². The van der Waals surface area contributed by atoms with E-state index in [1.807, 2.05) is 17.0 Å². The SMILES string of the molecule is COc1ccc([C@H]2CCN(C(=O)Nc3ccncc3)C2)cc1. The molecule has 2 heterocycles. The van der Waals surface area contributed by atoms with Gasteiger partial charge in [-0.25, -0.2) is 4.79 Å². The first-order valence-electron chi connectivity index (χ1n) is 7.36. The van der Waals surface area contributed by atoms with Gasteiger partial charge in [0.25, 0.3) is 0 Å². The zero-order valence-corrected chi connectivity index (χ0v) is 12.5. The van der Waals surface area contributed by atoms with Crippen LogP contribution in [0.4, 0.5) is 10.5 Å². The molecule has 1 fully saturated rings. The van der Waals surface area contributed by atoms with E-state index in [-0.39, 0.29) is 6.03 Å². The van der Waals surface area contributed by atoms with E-state index in [0.717, 1.165) is 30.9 Å². The standard InChI is InChI=1S/C17H19N3O2/c1-22-16-4-2-13(3-5-16)14-8-11-20(12-14)17(21)19-15-6-9-18-10-7-15/h2-7,9-10,14H,8,11-12H2,1H3,(H,18,19,21)/t14-/m0/s1. The number of carbonyl (C=O) groups is 1. The van der Waals surface area contributed by atoms with Crippen LogP contribution in [0.15, 0.2) is 48.8 Å². The molecule has 114 valence electrons. The van der Waals surface area contributed by atoms with Gasteiger partial charge in [-0.1, -0.05) is 12.1 Å². The second-order valence-electron chi connectivity index (χ2n) is 5.37. The third kappa shape index (κ3) is 3.19. The van der Waals surface area contributed by atoms with Crippen molar-refractivity contribution in [1.29, 1.82) is 0 Å². The average molecular weight is 297 g/mol. The minimum Gasteiger partial charge on any atom is -0.497 e. The fraction of sp³-hybridized carbons (Fsp3) is 0.294. The third-order valence-corrected chi connectivity index (χ3v) is 3.99. The van der Waals surface area contributed by atoms with Crippen molar-refractivity contribution in [3.63, 3.8) is 0 Å². The molecule has 0 bridgehead atoms. The highest BCUT2D eigenvalue weighted by Crippen LogP contribution is 2.28. The summed E-state index contributed by atoms with van der Waals surface area (Å²) in [5, 5.41) is 2.90. The Bertz CT molecular complexity index is 628. The molecule has 0 spiro atoms. The Morgan fingerprint density at radius 1 is 1.23 bits per heavy atom. The van der Waals surface area contributed by atoms with Crippen LogP contribution in [-0.4, -0.2) is 36.1 Å². The number of likely N-dealkylation sites (tertiary alicyclic amines) is 1. The second kappa shape index (κ2) is 6.47. The van der Waals surface area contributed by atoms with Crippen molar-refractivity contribution in [1.82, 2.24) is 9.88 Å². The zero-order chi connectivity index (χ0) is 15.4. The minimum atomic E-state index is -0.0535. The largest absolute Gasteiger partial charge is 0.497 e. The summed E-state index contributed by atoms with van der Waals surface area (Å²) in [5.41, 5.74) is 2.02. The first-order valence-corrected chi connectivity index (χ1v) is 7.36. The number of aromatic nitrogens is 1. The van der Waals surface area contributed by atoms with E-state index in [1.54, 1.807) is 31.6 Å². The maximum Gasteiger partial charge on any atom is 0.321 e. The third-order valence-electron chi connectivity index (χ3n) is 3.99. The van der Waals surface area contributed by atoms with Crippen LogP contribution >= 0.6 is 0 Å². The number of hydrogen-bond donors (Lipinski definition) is 1. The Morgan fingerprint density at radius 2 is 1.95 bits per heavy atom. The fourth-order valence-electron chi connectivity index (χ4n) is 2.73. The van der Waals surface area contributed by atoms with Gasteiger partial charge in [-0.3, -0.25) is 4.98 Å². The summed E-state index contributed by atoms with van der Waals surface area (Å²) in [6, 6.07) is 11.6. The molecule has 2 aromatic rings. The number of amides is 2. The Labute approximate surface area is 129 Å². The summed E-state index contributed by atoms with van der Waals surface area (Å²) in [4.78, 5) is 18.1. The van der Waals surface area contributed by atoms with E-state index < -0.39 is 0 Å². The Kier molecular flexibility index (Phi) is 4.23. The lowest BCUT2D eigenvalue weighted by molar-refractivity contribution is 0.222. The molecule has 1 aromatic carbocycles. The minimum absolute atomic E-state index is 0.0535. The van der Waals surface area contributed by atoms with Crippen LogP contribution in [0, 0.1) is 0 Å². The zero-order valence-electron chi connectivity index (χ0n) is 12.5. The first-order chi connectivity index (χ1) is 10.8. The molecule has 1 aromatic heterocycles. The summed E-state index contributed by atoms with van der Waals surface area (Å²) in [6.45, 7) is 1.51. The number of nitrogens with one attached hydrogen (secondary N) is 1. The summed E-state index contributed by atoms with van der Waals surface area (Å²) < 4.78 is 5.18. The van der Waals surface area contributed by atoms with Gasteiger partial charge in [0, 0.05) is 37.1 Å². The average Bonchev–Trinajstić information content (AvgIpc) is 3.06. The van der Waals surface area contributed by atoms with E-state index in [2.05, 4.69) is 22.4 Å². The predicted octanol–water partition coefficient (Wildman–Crippen LogP) is 3.11. The molecule has 1 aliphatic rings. The maximum atomic E-state index is 12.3. The Balaban J connectivity index is 1.60. The molecule has 1 saturated heterocycles. The van der Waals surface area contributed by atoms with E-state index in [0.29, 0.717) is 5.92 Å². The molecule has 2 amide bonds. The van der Waals surface area contributed by atoms with Gasteiger partial charge in [-0.15, -0.1) is 0 Å². The maximum absolute atomic E-state index is 12.3. The van der Waals surface area contributed by atoms with E-state index in [4.69, 9.17) is 4.74 Å². The quantitative estimate of drug-likeness (QED) is 0.947. The molecular formula is C17H19N3O2. The van der Waals surface area contributed by atoms with E-state index in [1.165, 1.54) is 5.56 Å². The molecular weight excluding hydrogens is 278 g/mol. The molecule has 5 nitrogen and oxygen atoms in total. The monoisotopic (exact) mass is 297 g/mol. The number of benzene rings is 1. The fourth-order valence-corrected chi connectivity index (χ4v) is 2.73. The van der Waals surface area contributed by atoms with Gasteiger partial charge < -0.3 is 15.0 Å². The van der Waals surface area contributed by atoms with E-state index in [9.17, 15) is 4.79 Å². The van der Waals surface area contributed by atoms with Crippen LogP contribution in [0.1, 0.15) is 17.9 Å². The van der Waals surface area contributed by atoms with Crippen molar-refractivity contribution in [3.05, 3.63) is 54.4 Å². The van der Waals surface area contributed by atoms with E-state index >= 15 is 0 Å². The second-order valence-corrected chi connectivity index (χ2v) is 5.37. The Morgan fingerprint density at radius 3 is 2.64 bits per heavy atom. The van der Waals surface area contributed by atoms with Gasteiger partial charge >= 0.3 is 6.03 Å². The molecule has 0 saturated carbocycles. The topological polar surface area (TPSA) is 54.5 Å². The number of anilines is 1. The van der Waals surface area contributed by atoms with Crippen molar-refractivity contribution < 1.29 is 9.53 Å². The molecule has 0 aliphatic carbocycles. The molecule has 22 heavy (non-hydrogen) atoms. The highest BCUT2D eigenvalue weighted by Gasteiger charge is 2.27. The highest BCUT2D eigenvalue weighted by atomic mass is 16.5. The van der Waals surface area contributed by atoms with Gasteiger partial charge in [0.05, 0.1) is 7.11 Å². The van der Waals surface area contributed by atoms with Gasteiger partial charge in [-0.05, 0) is 36.2 Å². The number of urea groups is 1. The van der Waals surface area contributed by atoms with Crippen molar-refractivity contribution in [3.8, 4) is 5.75 Å². The molecule has 3 rings (SSSR count). The van der Waals surface area contributed by atoms with Crippen molar-refractivity contribution in [2.45, 2.75) is 12.3 Å². The molecule has 5 heteroatoms. The lowest BCUT2D eigenvalue weighted by Crippen LogP contribution is -2.32. The molecule has 1 atom stereocenters. The van der Waals surface area contributed by atoms with Gasteiger partial charge in [-0.2, -0.15) is 0 Å². The normalized spacial score (nSPS) is 17.3. The van der Waals surface area contributed by atoms with Crippen molar-refractivity contribution in [2.24, 2.45) is 0 Å². The number of nitrogens with zero attached hydrogens (tertiary/aromatic N) is 2. The Hall–Kier alpha value is -2.56. The van der Waals surface area contributed by atoms with Crippen LogP contribution < -0.4 is 10.1 Å². The molecule has 1 N–H and O–H groups in total. The number of rotatable bonds is 3. The van der Waals surface area contributed by atoms with Gasteiger partial charge in [0.2, 0.25) is 0 Å².